The highest BCUT2D eigenvalue weighted by atomic mass is 127. The molecule has 5 nitrogen and oxygen atoms in total. The summed E-state index contributed by atoms with van der Waals surface area (Å²) in [5.74, 6) is 1.46. The Hall–Kier alpha value is -0.860. The van der Waals surface area contributed by atoms with Gasteiger partial charge in [-0.2, -0.15) is 0 Å². The Morgan fingerprint density at radius 3 is 2.46 bits per heavy atom. The zero-order valence-corrected chi connectivity index (χ0v) is 17.4. The number of hydrogen-bond acceptors (Lipinski definition) is 3. The van der Waals surface area contributed by atoms with Crippen molar-refractivity contribution < 1.29 is 4.74 Å². The molecule has 136 valence electrons. The Bertz CT molecular complexity index is 502. The lowest BCUT2D eigenvalue weighted by molar-refractivity contribution is 0.0341. The summed E-state index contributed by atoms with van der Waals surface area (Å²) in [6.45, 7) is 10.8. The number of nitrogens with zero attached hydrogens (tertiary/aromatic N) is 2. The molecule has 0 atom stereocenters. The third kappa shape index (κ3) is 7.36. The Labute approximate surface area is 163 Å². The van der Waals surface area contributed by atoms with Gasteiger partial charge < -0.3 is 15.4 Å². The fraction of sp³-hybridized carbons (Fsp3) is 0.611. The van der Waals surface area contributed by atoms with Crippen molar-refractivity contribution in [2.24, 2.45) is 10.9 Å². The smallest absolute Gasteiger partial charge is 0.191 e. The van der Waals surface area contributed by atoms with Gasteiger partial charge in [-0.3, -0.25) is 9.89 Å². The topological polar surface area (TPSA) is 48.9 Å². The summed E-state index contributed by atoms with van der Waals surface area (Å²) >= 11 is 0. The molecule has 1 aromatic rings. The molecule has 2 N–H and O–H groups in total. The van der Waals surface area contributed by atoms with Crippen molar-refractivity contribution >= 4 is 29.9 Å². The van der Waals surface area contributed by atoms with Crippen molar-refractivity contribution in [3.63, 3.8) is 0 Å². The van der Waals surface area contributed by atoms with Crippen molar-refractivity contribution in [1.29, 1.82) is 0 Å². The fourth-order valence-corrected chi connectivity index (χ4v) is 2.58. The van der Waals surface area contributed by atoms with Gasteiger partial charge in [0.1, 0.15) is 0 Å². The first kappa shape index (κ1) is 21.2. The Morgan fingerprint density at radius 2 is 1.83 bits per heavy atom. The van der Waals surface area contributed by atoms with Crippen LogP contribution in [-0.4, -0.2) is 50.8 Å². The number of halogens is 1. The van der Waals surface area contributed by atoms with E-state index in [-0.39, 0.29) is 24.0 Å². The van der Waals surface area contributed by atoms with Gasteiger partial charge in [0.2, 0.25) is 0 Å². The molecule has 0 unspecified atom stereocenters. The molecule has 0 saturated carbocycles. The largest absolute Gasteiger partial charge is 0.379 e. The summed E-state index contributed by atoms with van der Waals surface area (Å²) in [6, 6.07) is 8.63. The number of rotatable bonds is 6. The van der Waals surface area contributed by atoms with Crippen LogP contribution in [0.5, 0.6) is 0 Å². The fourth-order valence-electron chi connectivity index (χ4n) is 2.58. The van der Waals surface area contributed by atoms with E-state index in [1.807, 2.05) is 7.05 Å². The second kappa shape index (κ2) is 11.7. The number of nitrogens with one attached hydrogen (secondary N) is 2. The van der Waals surface area contributed by atoms with Crippen molar-refractivity contribution in [3.8, 4) is 0 Å². The molecule has 0 aromatic heterocycles. The minimum atomic E-state index is 0. The second-order valence-corrected chi connectivity index (χ2v) is 6.36. The molecule has 1 saturated heterocycles. The summed E-state index contributed by atoms with van der Waals surface area (Å²) < 4.78 is 5.43. The molecule has 0 spiro atoms. The lowest BCUT2D eigenvalue weighted by Crippen LogP contribution is -2.39. The van der Waals surface area contributed by atoms with Gasteiger partial charge in [0.05, 0.1) is 13.2 Å². The average molecular weight is 446 g/mol. The summed E-state index contributed by atoms with van der Waals surface area (Å²) in [5, 5.41) is 6.77. The van der Waals surface area contributed by atoms with E-state index >= 15 is 0 Å². The van der Waals surface area contributed by atoms with Gasteiger partial charge in [-0.05, 0) is 17.0 Å². The van der Waals surface area contributed by atoms with Crippen LogP contribution in [0.25, 0.3) is 0 Å². The molecule has 0 radical (unpaired) electrons. The number of hydrogen-bond donors (Lipinski definition) is 2. The van der Waals surface area contributed by atoms with Crippen LogP contribution in [0.1, 0.15) is 25.0 Å². The van der Waals surface area contributed by atoms with Gasteiger partial charge in [-0.15, -0.1) is 24.0 Å². The molecular weight excluding hydrogens is 415 g/mol. The van der Waals surface area contributed by atoms with Crippen LogP contribution in [0.3, 0.4) is 0 Å². The minimum absolute atomic E-state index is 0. The standard InChI is InChI=1S/C18H30N4O.HI/c1-15(2)12-20-18(19-3)21-13-16-6-4-5-7-17(16)14-22-8-10-23-11-9-22;/h4-7,15H,8-14H2,1-3H3,(H2,19,20,21);1H. The van der Waals surface area contributed by atoms with E-state index in [4.69, 9.17) is 4.74 Å². The third-order valence-electron chi connectivity index (χ3n) is 3.96. The molecule has 0 amide bonds. The number of ether oxygens (including phenoxy) is 1. The van der Waals surface area contributed by atoms with E-state index in [0.717, 1.165) is 51.9 Å². The van der Waals surface area contributed by atoms with Crippen LogP contribution in [-0.2, 0) is 17.8 Å². The second-order valence-electron chi connectivity index (χ2n) is 6.36. The Kier molecular flexibility index (Phi) is 10.3. The normalized spacial score (nSPS) is 15.9. The summed E-state index contributed by atoms with van der Waals surface area (Å²) in [6.07, 6.45) is 0. The zero-order valence-electron chi connectivity index (χ0n) is 15.0. The van der Waals surface area contributed by atoms with E-state index < -0.39 is 0 Å². The molecule has 0 aliphatic carbocycles. The summed E-state index contributed by atoms with van der Waals surface area (Å²) in [7, 11) is 1.81. The maximum absolute atomic E-state index is 5.43. The zero-order chi connectivity index (χ0) is 16.5. The van der Waals surface area contributed by atoms with Crippen molar-refractivity contribution in [1.82, 2.24) is 15.5 Å². The van der Waals surface area contributed by atoms with Crippen LogP contribution in [0.2, 0.25) is 0 Å². The molecule has 2 rings (SSSR count). The van der Waals surface area contributed by atoms with Gasteiger partial charge in [0.15, 0.2) is 5.96 Å². The summed E-state index contributed by atoms with van der Waals surface area (Å²) in [5.41, 5.74) is 2.70. The molecule has 1 fully saturated rings. The first-order valence-corrected chi connectivity index (χ1v) is 8.50. The lowest BCUT2D eigenvalue weighted by atomic mass is 10.1. The van der Waals surface area contributed by atoms with E-state index in [2.05, 4.69) is 58.6 Å². The molecule has 6 heteroatoms. The average Bonchev–Trinajstić information content (AvgIpc) is 2.57. The lowest BCUT2D eigenvalue weighted by Gasteiger charge is -2.27. The van der Waals surface area contributed by atoms with Crippen LogP contribution >= 0.6 is 24.0 Å². The van der Waals surface area contributed by atoms with Crippen LogP contribution < -0.4 is 10.6 Å². The van der Waals surface area contributed by atoms with Gasteiger partial charge >= 0.3 is 0 Å². The minimum Gasteiger partial charge on any atom is -0.379 e. The maximum Gasteiger partial charge on any atom is 0.191 e. The van der Waals surface area contributed by atoms with E-state index in [1.54, 1.807) is 0 Å². The van der Waals surface area contributed by atoms with Gasteiger partial charge in [0.25, 0.3) is 0 Å². The summed E-state index contributed by atoms with van der Waals surface area (Å²) in [4.78, 5) is 6.74. The van der Waals surface area contributed by atoms with E-state index in [1.165, 1.54) is 11.1 Å². The number of aliphatic imine (C=N–C) groups is 1. The number of benzene rings is 1. The van der Waals surface area contributed by atoms with Gasteiger partial charge in [-0.1, -0.05) is 38.1 Å². The molecule has 1 aromatic carbocycles. The van der Waals surface area contributed by atoms with Gasteiger partial charge in [0, 0.05) is 39.8 Å². The number of guanidine groups is 1. The van der Waals surface area contributed by atoms with Crippen LogP contribution in [0.15, 0.2) is 29.3 Å². The highest BCUT2D eigenvalue weighted by Gasteiger charge is 2.12. The molecule has 1 heterocycles. The predicted octanol–water partition coefficient (Wildman–Crippen LogP) is 2.46. The molecular formula is C18H31IN4O. The monoisotopic (exact) mass is 446 g/mol. The quantitative estimate of drug-likeness (QED) is 0.401. The van der Waals surface area contributed by atoms with Crippen LogP contribution in [0, 0.1) is 5.92 Å². The maximum atomic E-state index is 5.43. The molecule has 0 bridgehead atoms. The van der Waals surface area contributed by atoms with Crippen molar-refractivity contribution in [2.45, 2.75) is 26.9 Å². The number of morpholine rings is 1. The van der Waals surface area contributed by atoms with Crippen molar-refractivity contribution in [2.75, 3.05) is 39.9 Å². The van der Waals surface area contributed by atoms with Crippen molar-refractivity contribution in [3.05, 3.63) is 35.4 Å². The van der Waals surface area contributed by atoms with E-state index in [9.17, 15) is 0 Å². The molecule has 1 aliphatic heterocycles. The molecule has 24 heavy (non-hydrogen) atoms. The Morgan fingerprint density at radius 1 is 1.17 bits per heavy atom. The van der Waals surface area contributed by atoms with Gasteiger partial charge in [-0.25, -0.2) is 0 Å². The SMILES string of the molecule is CN=C(NCc1ccccc1CN1CCOCC1)NCC(C)C.I. The first-order chi connectivity index (χ1) is 11.2. The van der Waals surface area contributed by atoms with Crippen LogP contribution in [0.4, 0.5) is 0 Å². The molecule has 1 aliphatic rings. The highest BCUT2D eigenvalue weighted by molar-refractivity contribution is 14.0. The first-order valence-electron chi connectivity index (χ1n) is 8.50. The Balaban J connectivity index is 0.00000288. The van der Waals surface area contributed by atoms with E-state index in [0.29, 0.717) is 5.92 Å². The predicted molar refractivity (Wildman–Crippen MR) is 111 cm³/mol. The highest BCUT2D eigenvalue weighted by Crippen LogP contribution is 2.12. The third-order valence-corrected chi connectivity index (χ3v) is 3.96.